The Morgan fingerprint density at radius 1 is 0.958 bits per heavy atom. The number of Topliss-reactive ketones (excluding diaryl/α,β-unsaturated/α-hetero) is 2. The highest BCUT2D eigenvalue weighted by Crippen LogP contribution is 2.49. The predicted molar refractivity (Wildman–Crippen MR) is 91.5 cm³/mol. The molecule has 1 aromatic rings. The summed E-state index contributed by atoms with van der Waals surface area (Å²) in [5.41, 5.74) is 2.66. The van der Waals surface area contributed by atoms with Gasteiger partial charge in [-0.1, -0.05) is 0 Å². The van der Waals surface area contributed by atoms with Gasteiger partial charge in [-0.25, -0.2) is 0 Å². The molecular weight excluding hydrogens is 304 g/mol. The van der Waals surface area contributed by atoms with E-state index in [1.165, 1.54) is 0 Å². The maximum absolute atomic E-state index is 12.4. The van der Waals surface area contributed by atoms with E-state index in [4.69, 9.17) is 9.47 Å². The van der Waals surface area contributed by atoms with Gasteiger partial charge >= 0.3 is 0 Å². The van der Waals surface area contributed by atoms with Gasteiger partial charge in [0.05, 0.1) is 14.2 Å². The molecule has 0 N–H and O–H groups in total. The van der Waals surface area contributed by atoms with Crippen LogP contribution in [0.4, 0.5) is 0 Å². The highest BCUT2D eigenvalue weighted by Gasteiger charge is 2.46. The molecule has 2 aliphatic rings. The summed E-state index contributed by atoms with van der Waals surface area (Å²) in [5, 5.41) is 0. The van der Waals surface area contributed by atoms with Crippen molar-refractivity contribution in [2.45, 2.75) is 45.4 Å². The molecule has 0 bridgehead atoms. The van der Waals surface area contributed by atoms with E-state index in [1.54, 1.807) is 14.2 Å². The van der Waals surface area contributed by atoms with E-state index in [0.29, 0.717) is 31.5 Å². The number of fused-ring (bicyclic) bond motifs is 1. The van der Waals surface area contributed by atoms with E-state index in [9.17, 15) is 9.59 Å². The molecule has 128 valence electrons. The van der Waals surface area contributed by atoms with Crippen LogP contribution in [0.15, 0.2) is 29.3 Å². The number of ether oxygens (including phenoxy) is 2. The lowest BCUT2D eigenvalue weighted by Crippen LogP contribution is -2.30. The van der Waals surface area contributed by atoms with E-state index in [0.717, 1.165) is 41.1 Å². The molecule has 0 saturated heterocycles. The van der Waals surface area contributed by atoms with Crippen LogP contribution in [-0.4, -0.2) is 25.8 Å². The smallest absolute Gasteiger partial charge is 0.158 e. The highest BCUT2D eigenvalue weighted by molar-refractivity contribution is 6.02. The summed E-state index contributed by atoms with van der Waals surface area (Å²) >= 11 is 0. The maximum atomic E-state index is 12.4. The number of aryl methyl sites for hydroxylation is 1. The minimum absolute atomic E-state index is 0.215. The van der Waals surface area contributed by atoms with Crippen LogP contribution in [0.25, 0.3) is 0 Å². The van der Waals surface area contributed by atoms with Crippen LogP contribution >= 0.6 is 0 Å². The fourth-order valence-corrected chi connectivity index (χ4v) is 3.99. The Morgan fingerprint density at radius 3 is 2.25 bits per heavy atom. The lowest BCUT2D eigenvalue weighted by Gasteiger charge is -2.31. The van der Waals surface area contributed by atoms with Crippen molar-refractivity contribution in [3.63, 3.8) is 0 Å². The van der Waals surface area contributed by atoms with Crippen molar-refractivity contribution in [2.75, 3.05) is 14.2 Å². The van der Waals surface area contributed by atoms with Crippen molar-refractivity contribution in [3.05, 3.63) is 34.9 Å². The van der Waals surface area contributed by atoms with Gasteiger partial charge in [0.25, 0.3) is 0 Å². The van der Waals surface area contributed by atoms with Gasteiger partial charge in [-0.3, -0.25) is 9.59 Å². The molecular formula is C20H24O4. The van der Waals surface area contributed by atoms with Crippen molar-refractivity contribution in [2.24, 2.45) is 5.41 Å². The largest absolute Gasteiger partial charge is 0.497 e. The van der Waals surface area contributed by atoms with Gasteiger partial charge in [0, 0.05) is 24.3 Å². The van der Waals surface area contributed by atoms with Crippen molar-refractivity contribution in [3.8, 4) is 11.5 Å². The van der Waals surface area contributed by atoms with Gasteiger partial charge in [0.15, 0.2) is 5.78 Å². The Hall–Kier alpha value is -2.10. The molecule has 1 atom stereocenters. The number of carbonyl (C=O) groups is 2. The number of ketones is 2. The van der Waals surface area contributed by atoms with E-state index < -0.39 is 5.41 Å². The molecule has 4 heteroatoms. The fourth-order valence-electron chi connectivity index (χ4n) is 3.99. The maximum Gasteiger partial charge on any atom is 0.158 e. The first kappa shape index (κ1) is 16.7. The zero-order valence-corrected chi connectivity index (χ0v) is 14.6. The SMILES string of the molecule is COc1cc(CCC2=C3CCC(=O)[C@@]3(C)CCC2=O)cc(OC)c1. The molecule has 1 fully saturated rings. The van der Waals surface area contributed by atoms with Crippen LogP contribution in [0.1, 0.15) is 44.6 Å². The van der Waals surface area contributed by atoms with E-state index >= 15 is 0 Å². The van der Waals surface area contributed by atoms with Crippen molar-refractivity contribution in [1.82, 2.24) is 0 Å². The first-order chi connectivity index (χ1) is 11.5. The van der Waals surface area contributed by atoms with Crippen molar-refractivity contribution < 1.29 is 19.1 Å². The van der Waals surface area contributed by atoms with Crippen LogP contribution in [0.2, 0.25) is 0 Å². The standard InChI is InChI=1S/C20H24O4/c1-20-9-8-18(21)16(17(20)6-7-19(20)22)5-4-13-10-14(23-2)12-15(11-13)24-3/h10-12H,4-9H2,1-3H3/t20-/m0/s1. The lowest BCUT2D eigenvalue weighted by molar-refractivity contribution is -0.125. The fraction of sp³-hybridized carbons (Fsp3) is 0.500. The third-order valence-corrected chi connectivity index (χ3v) is 5.51. The summed E-state index contributed by atoms with van der Waals surface area (Å²) in [5.74, 6) is 2.01. The summed E-state index contributed by atoms with van der Waals surface area (Å²) in [4.78, 5) is 24.7. The first-order valence-corrected chi connectivity index (χ1v) is 8.49. The van der Waals surface area contributed by atoms with Gasteiger partial charge < -0.3 is 9.47 Å². The molecule has 24 heavy (non-hydrogen) atoms. The molecule has 0 heterocycles. The first-order valence-electron chi connectivity index (χ1n) is 8.49. The third-order valence-electron chi connectivity index (χ3n) is 5.51. The highest BCUT2D eigenvalue weighted by atomic mass is 16.5. The van der Waals surface area contributed by atoms with E-state index in [1.807, 2.05) is 25.1 Å². The Labute approximate surface area is 142 Å². The number of benzene rings is 1. The summed E-state index contributed by atoms with van der Waals surface area (Å²) in [6, 6.07) is 5.78. The van der Waals surface area contributed by atoms with E-state index in [-0.39, 0.29) is 5.78 Å². The summed E-state index contributed by atoms with van der Waals surface area (Å²) in [7, 11) is 3.26. The number of allylic oxidation sites excluding steroid dienone is 2. The second kappa shape index (κ2) is 6.42. The van der Waals surface area contributed by atoms with Crippen LogP contribution in [0, 0.1) is 5.41 Å². The second-order valence-electron chi connectivity index (χ2n) is 6.86. The number of hydrogen-bond acceptors (Lipinski definition) is 4. The molecule has 0 aliphatic heterocycles. The zero-order valence-electron chi connectivity index (χ0n) is 14.6. The van der Waals surface area contributed by atoms with Crippen LogP contribution in [-0.2, 0) is 16.0 Å². The quantitative estimate of drug-likeness (QED) is 0.827. The van der Waals surface area contributed by atoms with Gasteiger partial charge in [0.2, 0.25) is 0 Å². The van der Waals surface area contributed by atoms with Crippen LogP contribution in [0.5, 0.6) is 11.5 Å². The molecule has 4 nitrogen and oxygen atoms in total. The minimum Gasteiger partial charge on any atom is -0.497 e. The number of carbonyl (C=O) groups excluding carboxylic acids is 2. The summed E-state index contributed by atoms with van der Waals surface area (Å²) in [6.45, 7) is 2.01. The second-order valence-corrected chi connectivity index (χ2v) is 6.86. The predicted octanol–water partition coefficient (Wildman–Crippen LogP) is 3.67. The monoisotopic (exact) mass is 328 g/mol. The Kier molecular flexibility index (Phi) is 4.48. The number of hydrogen-bond donors (Lipinski definition) is 0. The van der Waals surface area contributed by atoms with Crippen molar-refractivity contribution in [1.29, 1.82) is 0 Å². The minimum atomic E-state index is -0.394. The normalized spacial score (nSPS) is 23.5. The van der Waals surface area contributed by atoms with Gasteiger partial charge in [-0.15, -0.1) is 0 Å². The molecule has 0 aromatic heterocycles. The van der Waals surface area contributed by atoms with Crippen LogP contribution < -0.4 is 9.47 Å². The summed E-state index contributed by atoms with van der Waals surface area (Å²) in [6.07, 6.45) is 3.90. The van der Waals surface area contributed by atoms with Gasteiger partial charge in [-0.05, 0) is 61.4 Å². The molecule has 0 unspecified atom stereocenters. The lowest BCUT2D eigenvalue weighted by atomic mass is 9.71. The molecule has 0 spiro atoms. The Bertz CT molecular complexity index is 694. The average molecular weight is 328 g/mol. The average Bonchev–Trinajstić information content (AvgIpc) is 2.89. The molecule has 0 amide bonds. The number of rotatable bonds is 5. The third kappa shape index (κ3) is 2.85. The molecule has 3 rings (SSSR count). The van der Waals surface area contributed by atoms with Crippen LogP contribution in [0.3, 0.4) is 0 Å². The topological polar surface area (TPSA) is 52.6 Å². The number of methoxy groups -OCH3 is 2. The van der Waals surface area contributed by atoms with Gasteiger partial charge in [0.1, 0.15) is 17.3 Å². The van der Waals surface area contributed by atoms with Gasteiger partial charge in [-0.2, -0.15) is 0 Å². The Balaban J connectivity index is 1.86. The van der Waals surface area contributed by atoms with E-state index in [2.05, 4.69) is 0 Å². The molecule has 2 aliphatic carbocycles. The molecule has 1 saturated carbocycles. The molecule has 0 radical (unpaired) electrons. The summed E-state index contributed by atoms with van der Waals surface area (Å²) < 4.78 is 10.6. The molecule has 1 aromatic carbocycles. The Morgan fingerprint density at radius 2 is 1.62 bits per heavy atom. The zero-order chi connectivity index (χ0) is 17.3. The van der Waals surface area contributed by atoms with Crippen molar-refractivity contribution >= 4 is 11.6 Å².